The van der Waals surface area contributed by atoms with Gasteiger partial charge in [0.15, 0.2) is 0 Å². The second-order valence-electron chi connectivity index (χ2n) is 4.21. The lowest BCUT2D eigenvalue weighted by molar-refractivity contribution is -0.140. The Morgan fingerprint density at radius 1 is 1.45 bits per heavy atom. The van der Waals surface area contributed by atoms with Crippen LogP contribution in [0.25, 0.3) is 0 Å². The van der Waals surface area contributed by atoms with Gasteiger partial charge in [0.25, 0.3) is 0 Å². The zero-order valence-electron chi connectivity index (χ0n) is 11.5. The fourth-order valence-corrected chi connectivity index (χ4v) is 3.07. The molecule has 0 spiro atoms. The summed E-state index contributed by atoms with van der Waals surface area (Å²) >= 11 is 2.16. The average molecular weight is 412 g/mol. The molecule has 1 rings (SSSR count). The van der Waals surface area contributed by atoms with Gasteiger partial charge in [0.1, 0.15) is 0 Å². The molecule has 6 nitrogen and oxygen atoms in total. The van der Waals surface area contributed by atoms with Crippen LogP contribution in [0, 0.1) is 10.5 Å². The second-order valence-corrected chi connectivity index (χ2v) is 7.24. The van der Waals surface area contributed by atoms with Gasteiger partial charge in [-0.25, -0.2) is 0 Å². The van der Waals surface area contributed by atoms with Gasteiger partial charge in [-0.3, -0.25) is 9.52 Å². The number of anilines is 1. The number of halogens is 1. The van der Waals surface area contributed by atoms with Crippen LogP contribution < -0.4 is 4.72 Å². The molecule has 0 aliphatic rings. The summed E-state index contributed by atoms with van der Waals surface area (Å²) in [5, 5.41) is 0. The highest BCUT2D eigenvalue weighted by atomic mass is 127. The highest BCUT2D eigenvalue weighted by Crippen LogP contribution is 2.19. The third kappa shape index (κ3) is 4.91. The molecule has 0 fully saturated rings. The number of nitrogens with zero attached hydrogens (tertiary/aromatic N) is 1. The molecule has 0 saturated carbocycles. The van der Waals surface area contributed by atoms with Crippen molar-refractivity contribution in [3.8, 4) is 0 Å². The number of carbonyl (C=O) groups excluding carboxylic acids is 1. The Bertz CT molecular complexity index is 589. The maximum absolute atomic E-state index is 12.1. The van der Waals surface area contributed by atoms with Crippen LogP contribution >= 0.6 is 22.6 Å². The van der Waals surface area contributed by atoms with Crippen LogP contribution in [-0.2, 0) is 19.7 Å². The number of rotatable bonds is 6. The third-order valence-corrected chi connectivity index (χ3v) is 4.85. The first kappa shape index (κ1) is 17.2. The summed E-state index contributed by atoms with van der Waals surface area (Å²) in [5.74, 6) is -0.447. The van der Waals surface area contributed by atoms with Crippen molar-refractivity contribution in [2.24, 2.45) is 0 Å². The summed E-state index contributed by atoms with van der Waals surface area (Å²) in [5.41, 5.74) is 1.36. The molecule has 0 aromatic heterocycles. The van der Waals surface area contributed by atoms with E-state index < -0.39 is 16.2 Å². The van der Waals surface area contributed by atoms with Gasteiger partial charge in [0, 0.05) is 17.2 Å². The minimum Gasteiger partial charge on any atom is -0.469 e. The van der Waals surface area contributed by atoms with Crippen molar-refractivity contribution in [3.63, 3.8) is 0 Å². The van der Waals surface area contributed by atoms with Crippen LogP contribution in [0.15, 0.2) is 18.2 Å². The van der Waals surface area contributed by atoms with Gasteiger partial charge in [-0.05, 0) is 53.3 Å². The Balaban J connectivity index is 2.76. The minimum atomic E-state index is -3.68. The monoisotopic (exact) mass is 412 g/mol. The molecule has 0 radical (unpaired) electrons. The molecule has 0 atom stereocenters. The molecular formula is C12H17IN2O4S. The van der Waals surface area contributed by atoms with Crippen LogP contribution in [0.5, 0.6) is 0 Å². The number of aryl methyl sites for hydroxylation is 1. The topological polar surface area (TPSA) is 75.7 Å². The van der Waals surface area contributed by atoms with E-state index in [2.05, 4.69) is 32.0 Å². The lowest BCUT2D eigenvalue weighted by Gasteiger charge is -2.18. The van der Waals surface area contributed by atoms with E-state index in [1.165, 1.54) is 14.2 Å². The summed E-state index contributed by atoms with van der Waals surface area (Å²) < 4.78 is 33.3. The van der Waals surface area contributed by atoms with Gasteiger partial charge in [-0.15, -0.1) is 0 Å². The van der Waals surface area contributed by atoms with E-state index in [9.17, 15) is 13.2 Å². The Morgan fingerprint density at radius 3 is 2.65 bits per heavy atom. The Kier molecular flexibility index (Phi) is 6.21. The van der Waals surface area contributed by atoms with E-state index in [0.29, 0.717) is 5.69 Å². The van der Waals surface area contributed by atoms with E-state index in [-0.39, 0.29) is 13.0 Å². The summed E-state index contributed by atoms with van der Waals surface area (Å²) in [6, 6.07) is 5.41. The Hall–Kier alpha value is -0.870. The normalized spacial score (nSPS) is 11.4. The van der Waals surface area contributed by atoms with Gasteiger partial charge in [-0.1, -0.05) is 0 Å². The molecule has 0 heterocycles. The van der Waals surface area contributed by atoms with Crippen molar-refractivity contribution in [3.05, 3.63) is 27.3 Å². The van der Waals surface area contributed by atoms with Gasteiger partial charge in [0.05, 0.1) is 19.2 Å². The molecule has 20 heavy (non-hydrogen) atoms. The summed E-state index contributed by atoms with van der Waals surface area (Å²) in [6.07, 6.45) is 0.0135. The van der Waals surface area contributed by atoms with Crippen LogP contribution in [0.2, 0.25) is 0 Å². The highest BCUT2D eigenvalue weighted by molar-refractivity contribution is 14.1. The van der Waals surface area contributed by atoms with E-state index in [0.717, 1.165) is 13.4 Å². The van der Waals surface area contributed by atoms with Crippen molar-refractivity contribution in [2.75, 3.05) is 25.4 Å². The molecule has 0 aliphatic heterocycles. The molecule has 0 aliphatic carbocycles. The zero-order chi connectivity index (χ0) is 15.3. The molecule has 0 bridgehead atoms. The number of benzene rings is 1. The van der Waals surface area contributed by atoms with Crippen LogP contribution in [0.1, 0.15) is 12.0 Å². The van der Waals surface area contributed by atoms with Crippen molar-refractivity contribution in [1.29, 1.82) is 0 Å². The molecule has 0 saturated heterocycles. The quantitative estimate of drug-likeness (QED) is 0.571. The first-order valence-corrected chi connectivity index (χ1v) is 8.35. The number of ether oxygens (including phenoxy) is 1. The number of nitrogens with one attached hydrogen (secondary N) is 1. The van der Waals surface area contributed by atoms with Gasteiger partial charge in [-0.2, -0.15) is 12.7 Å². The van der Waals surface area contributed by atoms with Gasteiger partial charge >= 0.3 is 16.2 Å². The first-order chi connectivity index (χ1) is 9.26. The molecule has 8 heteroatoms. The van der Waals surface area contributed by atoms with Crippen molar-refractivity contribution >= 4 is 44.5 Å². The number of hydrogen-bond donors (Lipinski definition) is 1. The lowest BCUT2D eigenvalue weighted by atomic mass is 10.2. The van der Waals surface area contributed by atoms with E-state index in [4.69, 9.17) is 0 Å². The standard InChI is InChI=1S/C12H17IN2O4S/c1-9-8-10(13)4-5-11(9)14-20(17,18)15(2)7-6-12(16)19-3/h4-5,8,14H,6-7H2,1-3H3. The first-order valence-electron chi connectivity index (χ1n) is 5.83. The zero-order valence-corrected chi connectivity index (χ0v) is 14.5. The van der Waals surface area contributed by atoms with Crippen molar-refractivity contribution < 1.29 is 17.9 Å². The molecule has 0 unspecified atom stereocenters. The summed E-state index contributed by atoms with van der Waals surface area (Å²) in [4.78, 5) is 11.0. The number of carbonyl (C=O) groups is 1. The van der Waals surface area contributed by atoms with Crippen molar-refractivity contribution in [2.45, 2.75) is 13.3 Å². The molecule has 1 aromatic carbocycles. The fraction of sp³-hybridized carbons (Fsp3) is 0.417. The summed E-state index contributed by atoms with van der Waals surface area (Å²) in [6.45, 7) is 1.89. The molecule has 1 N–H and O–H groups in total. The van der Waals surface area contributed by atoms with Gasteiger partial charge < -0.3 is 4.74 Å². The van der Waals surface area contributed by atoms with Crippen molar-refractivity contribution in [1.82, 2.24) is 4.31 Å². The number of methoxy groups -OCH3 is 1. The minimum absolute atomic E-state index is 0.0135. The predicted molar refractivity (Wildman–Crippen MR) is 85.7 cm³/mol. The van der Waals surface area contributed by atoms with E-state index in [1.807, 2.05) is 19.1 Å². The van der Waals surface area contributed by atoms with E-state index in [1.54, 1.807) is 6.07 Å². The average Bonchev–Trinajstić information content (AvgIpc) is 2.38. The number of hydrogen-bond acceptors (Lipinski definition) is 4. The largest absolute Gasteiger partial charge is 0.469 e. The Morgan fingerprint density at radius 2 is 2.10 bits per heavy atom. The van der Waals surface area contributed by atoms with Crippen LogP contribution in [0.3, 0.4) is 0 Å². The SMILES string of the molecule is COC(=O)CCN(C)S(=O)(=O)Nc1ccc(I)cc1C. The maximum atomic E-state index is 12.1. The Labute approximate surface area is 132 Å². The number of esters is 1. The smallest absolute Gasteiger partial charge is 0.306 e. The van der Waals surface area contributed by atoms with Crippen LogP contribution in [-0.4, -0.2) is 39.4 Å². The van der Waals surface area contributed by atoms with Gasteiger partial charge in [0.2, 0.25) is 0 Å². The summed E-state index contributed by atoms with van der Waals surface area (Å²) in [7, 11) is -1.00. The predicted octanol–water partition coefficient (Wildman–Crippen LogP) is 1.75. The third-order valence-electron chi connectivity index (χ3n) is 2.70. The second kappa shape index (κ2) is 7.23. The fourth-order valence-electron chi connectivity index (χ4n) is 1.43. The molecule has 0 amide bonds. The maximum Gasteiger partial charge on any atom is 0.306 e. The molecule has 1 aromatic rings. The molecule has 112 valence electrons. The van der Waals surface area contributed by atoms with E-state index >= 15 is 0 Å². The van der Waals surface area contributed by atoms with Crippen LogP contribution in [0.4, 0.5) is 5.69 Å². The highest BCUT2D eigenvalue weighted by Gasteiger charge is 2.19. The molecular weight excluding hydrogens is 395 g/mol. The lowest BCUT2D eigenvalue weighted by Crippen LogP contribution is -2.34.